The van der Waals surface area contributed by atoms with Crippen molar-refractivity contribution in [3.8, 4) is 0 Å². The second kappa shape index (κ2) is 4.36. The molecule has 0 unspecified atom stereocenters. The molecule has 0 saturated heterocycles. The van der Waals surface area contributed by atoms with E-state index in [9.17, 15) is 0 Å². The van der Waals surface area contributed by atoms with Gasteiger partial charge in [-0.15, -0.1) is 0 Å². The van der Waals surface area contributed by atoms with E-state index in [2.05, 4.69) is 37.9 Å². The molecular weight excluding hydrogens is 289 g/mol. The van der Waals surface area contributed by atoms with Crippen LogP contribution >= 0.6 is 22.6 Å². The molecule has 0 amide bonds. The first-order chi connectivity index (χ1) is 6.84. The zero-order valence-corrected chi connectivity index (χ0v) is 9.47. The van der Waals surface area contributed by atoms with Crippen LogP contribution in [0, 0.1) is 3.57 Å². The normalized spacial score (nSPS) is 9.79. The van der Waals surface area contributed by atoms with Crippen molar-refractivity contribution in [2.45, 2.75) is 0 Å². The van der Waals surface area contributed by atoms with Gasteiger partial charge < -0.3 is 5.32 Å². The van der Waals surface area contributed by atoms with Gasteiger partial charge in [0.15, 0.2) is 0 Å². The van der Waals surface area contributed by atoms with E-state index >= 15 is 0 Å². The molecule has 0 saturated carbocycles. The van der Waals surface area contributed by atoms with Crippen LogP contribution in [0.15, 0.2) is 42.9 Å². The van der Waals surface area contributed by atoms with E-state index in [0.717, 1.165) is 11.5 Å². The van der Waals surface area contributed by atoms with Gasteiger partial charge in [0.1, 0.15) is 5.82 Å². The standard InChI is InChI=1S/C10H8IN3/c11-8-1-3-9(4-2-8)14-10-7-12-5-6-13-10/h1-7H,(H,13,14). The second-order valence-electron chi connectivity index (χ2n) is 2.72. The summed E-state index contributed by atoms with van der Waals surface area (Å²) in [6.07, 6.45) is 5.01. The van der Waals surface area contributed by atoms with Crippen molar-refractivity contribution in [3.05, 3.63) is 46.4 Å². The molecule has 0 spiro atoms. The summed E-state index contributed by atoms with van der Waals surface area (Å²) < 4.78 is 1.22. The number of benzene rings is 1. The first kappa shape index (κ1) is 9.39. The van der Waals surface area contributed by atoms with E-state index in [0.29, 0.717) is 0 Å². The fourth-order valence-corrected chi connectivity index (χ4v) is 1.40. The first-order valence-electron chi connectivity index (χ1n) is 4.13. The van der Waals surface area contributed by atoms with Crippen LogP contribution < -0.4 is 5.32 Å². The number of rotatable bonds is 2. The molecule has 4 heteroatoms. The quantitative estimate of drug-likeness (QED) is 0.866. The summed E-state index contributed by atoms with van der Waals surface area (Å²) in [5, 5.41) is 3.15. The third-order valence-electron chi connectivity index (χ3n) is 1.68. The maximum atomic E-state index is 4.12. The average molecular weight is 297 g/mol. The van der Waals surface area contributed by atoms with E-state index < -0.39 is 0 Å². The van der Waals surface area contributed by atoms with E-state index in [1.165, 1.54) is 3.57 Å². The van der Waals surface area contributed by atoms with Crippen molar-refractivity contribution in [3.63, 3.8) is 0 Å². The molecule has 0 fully saturated rings. The number of hydrogen-bond donors (Lipinski definition) is 1. The summed E-state index contributed by atoms with van der Waals surface area (Å²) in [5.41, 5.74) is 1.02. The van der Waals surface area contributed by atoms with Crippen molar-refractivity contribution in [1.29, 1.82) is 0 Å². The van der Waals surface area contributed by atoms with Crippen molar-refractivity contribution in [2.24, 2.45) is 0 Å². The Morgan fingerprint density at radius 3 is 2.50 bits per heavy atom. The topological polar surface area (TPSA) is 37.8 Å². The third-order valence-corrected chi connectivity index (χ3v) is 2.40. The first-order valence-corrected chi connectivity index (χ1v) is 5.21. The fraction of sp³-hybridized carbons (Fsp3) is 0. The fourth-order valence-electron chi connectivity index (χ4n) is 1.04. The minimum atomic E-state index is 0.758. The molecule has 1 aromatic heterocycles. The number of nitrogens with zero attached hydrogens (tertiary/aromatic N) is 2. The van der Waals surface area contributed by atoms with Crippen LogP contribution in [0.4, 0.5) is 11.5 Å². The maximum Gasteiger partial charge on any atom is 0.148 e. The van der Waals surface area contributed by atoms with E-state index in [1.54, 1.807) is 18.6 Å². The van der Waals surface area contributed by atoms with E-state index in [4.69, 9.17) is 0 Å². The maximum absolute atomic E-state index is 4.12. The van der Waals surface area contributed by atoms with Gasteiger partial charge in [-0.2, -0.15) is 0 Å². The van der Waals surface area contributed by atoms with E-state index in [1.807, 2.05) is 24.3 Å². The van der Waals surface area contributed by atoms with Crippen LogP contribution in [0.5, 0.6) is 0 Å². The minimum absolute atomic E-state index is 0.758. The number of aromatic nitrogens is 2. The largest absolute Gasteiger partial charge is 0.339 e. The van der Waals surface area contributed by atoms with Crippen molar-refractivity contribution >= 4 is 34.1 Å². The SMILES string of the molecule is Ic1ccc(Nc2cnccn2)cc1. The highest BCUT2D eigenvalue weighted by Crippen LogP contribution is 2.14. The Hall–Kier alpha value is -1.17. The summed E-state index contributed by atoms with van der Waals surface area (Å²) in [4.78, 5) is 8.09. The highest BCUT2D eigenvalue weighted by atomic mass is 127. The van der Waals surface area contributed by atoms with Gasteiger partial charge in [0.05, 0.1) is 6.20 Å². The van der Waals surface area contributed by atoms with Gasteiger partial charge in [0.2, 0.25) is 0 Å². The summed E-state index contributed by atoms with van der Waals surface area (Å²) in [5.74, 6) is 0.758. The molecule has 0 aliphatic carbocycles. The lowest BCUT2D eigenvalue weighted by atomic mass is 10.3. The lowest BCUT2D eigenvalue weighted by Gasteiger charge is -2.03. The highest BCUT2D eigenvalue weighted by Gasteiger charge is 1.94. The zero-order valence-electron chi connectivity index (χ0n) is 7.31. The summed E-state index contributed by atoms with van der Waals surface area (Å²) in [6, 6.07) is 8.10. The van der Waals surface area contributed by atoms with E-state index in [-0.39, 0.29) is 0 Å². The summed E-state index contributed by atoms with van der Waals surface area (Å²) in [7, 11) is 0. The lowest BCUT2D eigenvalue weighted by Crippen LogP contribution is -1.93. The lowest BCUT2D eigenvalue weighted by molar-refractivity contribution is 1.20. The molecule has 0 atom stereocenters. The summed E-state index contributed by atoms with van der Waals surface area (Å²) in [6.45, 7) is 0. The van der Waals surface area contributed by atoms with Crippen LogP contribution in [0.2, 0.25) is 0 Å². The van der Waals surface area contributed by atoms with Gasteiger partial charge in [0.25, 0.3) is 0 Å². The van der Waals surface area contributed by atoms with Crippen molar-refractivity contribution in [1.82, 2.24) is 9.97 Å². The number of nitrogens with one attached hydrogen (secondary N) is 1. The second-order valence-corrected chi connectivity index (χ2v) is 3.97. The highest BCUT2D eigenvalue weighted by molar-refractivity contribution is 14.1. The zero-order chi connectivity index (χ0) is 9.80. The Morgan fingerprint density at radius 1 is 1.07 bits per heavy atom. The molecule has 1 aromatic carbocycles. The predicted octanol–water partition coefficient (Wildman–Crippen LogP) is 2.82. The van der Waals surface area contributed by atoms with Crippen molar-refractivity contribution < 1.29 is 0 Å². The van der Waals surface area contributed by atoms with Gasteiger partial charge in [-0.3, -0.25) is 4.98 Å². The molecule has 0 aliphatic heterocycles. The Kier molecular flexibility index (Phi) is 2.93. The van der Waals surface area contributed by atoms with Crippen LogP contribution in [0.3, 0.4) is 0 Å². The number of hydrogen-bond acceptors (Lipinski definition) is 3. The Labute approximate surface area is 95.7 Å². The molecule has 0 aliphatic rings. The molecule has 1 N–H and O–H groups in total. The minimum Gasteiger partial charge on any atom is -0.339 e. The predicted molar refractivity (Wildman–Crippen MR) is 64.5 cm³/mol. The van der Waals surface area contributed by atoms with Gasteiger partial charge in [-0.25, -0.2) is 4.98 Å². The van der Waals surface area contributed by atoms with Gasteiger partial charge in [0, 0.05) is 21.7 Å². The molecule has 14 heavy (non-hydrogen) atoms. The number of halogens is 1. The van der Waals surface area contributed by atoms with Crippen molar-refractivity contribution in [2.75, 3.05) is 5.32 Å². The number of anilines is 2. The van der Waals surface area contributed by atoms with Gasteiger partial charge in [-0.1, -0.05) is 0 Å². The smallest absolute Gasteiger partial charge is 0.148 e. The molecule has 70 valence electrons. The van der Waals surface area contributed by atoms with Crippen LogP contribution in [-0.4, -0.2) is 9.97 Å². The Morgan fingerprint density at radius 2 is 1.86 bits per heavy atom. The summed E-state index contributed by atoms with van der Waals surface area (Å²) >= 11 is 2.27. The third kappa shape index (κ3) is 2.41. The van der Waals surface area contributed by atoms with Gasteiger partial charge in [-0.05, 0) is 46.9 Å². The molecule has 0 radical (unpaired) electrons. The molecular formula is C10H8IN3. The Bertz CT molecular complexity index is 399. The molecule has 2 rings (SSSR count). The van der Waals surface area contributed by atoms with Crippen LogP contribution in [0.1, 0.15) is 0 Å². The van der Waals surface area contributed by atoms with Crippen LogP contribution in [0.25, 0.3) is 0 Å². The molecule has 2 aromatic rings. The molecule has 1 heterocycles. The Balaban J connectivity index is 2.16. The molecule has 3 nitrogen and oxygen atoms in total. The monoisotopic (exact) mass is 297 g/mol. The molecule has 0 bridgehead atoms. The van der Waals surface area contributed by atoms with Gasteiger partial charge >= 0.3 is 0 Å². The average Bonchev–Trinajstić information content (AvgIpc) is 2.23. The van der Waals surface area contributed by atoms with Crippen LogP contribution in [-0.2, 0) is 0 Å².